The normalized spacial score (nSPS) is 13.3. The lowest BCUT2D eigenvalue weighted by Crippen LogP contribution is -2.47. The largest absolute Gasteiger partial charge is 0.495 e. The van der Waals surface area contributed by atoms with Gasteiger partial charge in [0, 0.05) is 38.9 Å². The molecule has 1 aliphatic heterocycles. The molecule has 1 amide bonds. The fourth-order valence-electron chi connectivity index (χ4n) is 4.21. The van der Waals surface area contributed by atoms with Gasteiger partial charge in [-0.1, -0.05) is 18.2 Å². The highest BCUT2D eigenvalue weighted by Gasteiger charge is 2.22. The number of carbonyl (C=O) groups is 1. The summed E-state index contributed by atoms with van der Waals surface area (Å²) in [6.07, 6.45) is 1.92. The molecule has 10 nitrogen and oxygen atoms in total. The molecule has 1 aliphatic rings. The molecule has 190 valence electrons. The van der Waals surface area contributed by atoms with Crippen molar-refractivity contribution in [2.75, 3.05) is 63.9 Å². The van der Waals surface area contributed by atoms with Crippen LogP contribution in [0.25, 0.3) is 0 Å². The van der Waals surface area contributed by atoms with Crippen LogP contribution in [-0.2, 0) is 6.42 Å². The summed E-state index contributed by atoms with van der Waals surface area (Å²) in [5.41, 5.74) is 1.54. The minimum Gasteiger partial charge on any atom is -0.495 e. The number of benzene rings is 2. The molecule has 4 rings (SSSR count). The standard InChI is InChI=1S/C26H31N5O5/c1-34-21-7-5-4-6-20(21)30-12-14-31(15-13-30)26-28-17-19(25(33)29-26)24(32)27-11-10-18-8-9-22(35-2)23(16-18)36-3/h4-9,16-17H,10-15H2,1-3H3,(H,27,32)(H,28,29,33). The van der Waals surface area contributed by atoms with Gasteiger partial charge in [-0.05, 0) is 36.2 Å². The second-order valence-corrected chi connectivity index (χ2v) is 8.29. The van der Waals surface area contributed by atoms with E-state index in [-0.39, 0.29) is 5.56 Å². The first kappa shape index (κ1) is 24.9. The first-order valence-corrected chi connectivity index (χ1v) is 11.8. The first-order valence-electron chi connectivity index (χ1n) is 11.8. The number of carbonyl (C=O) groups excluding carboxylic acids is 1. The van der Waals surface area contributed by atoms with Crippen molar-refractivity contribution < 1.29 is 19.0 Å². The number of nitrogens with zero attached hydrogens (tertiary/aromatic N) is 3. The van der Waals surface area contributed by atoms with Crippen molar-refractivity contribution >= 4 is 17.5 Å². The van der Waals surface area contributed by atoms with E-state index in [1.807, 2.05) is 47.4 Å². The Hall–Kier alpha value is -4.21. The Balaban J connectivity index is 1.32. The van der Waals surface area contributed by atoms with Crippen molar-refractivity contribution in [2.24, 2.45) is 0 Å². The third-order valence-electron chi connectivity index (χ3n) is 6.18. The van der Waals surface area contributed by atoms with Crippen molar-refractivity contribution in [3.05, 3.63) is 70.1 Å². The number of aromatic amines is 1. The average Bonchev–Trinajstić information content (AvgIpc) is 2.92. The topological polar surface area (TPSA) is 109 Å². The van der Waals surface area contributed by atoms with Crippen molar-refractivity contribution in [1.29, 1.82) is 0 Å². The molecule has 3 aromatic rings. The SMILES string of the molecule is COc1ccc(CCNC(=O)c2cnc(N3CCN(c4ccccc4OC)CC3)[nH]c2=O)cc1OC. The van der Waals surface area contributed by atoms with Crippen LogP contribution in [0, 0.1) is 0 Å². The zero-order valence-electron chi connectivity index (χ0n) is 20.7. The van der Waals surface area contributed by atoms with Gasteiger partial charge in [0.25, 0.3) is 11.5 Å². The Bertz CT molecular complexity index is 1250. The minimum atomic E-state index is -0.462. The molecule has 36 heavy (non-hydrogen) atoms. The smallest absolute Gasteiger partial charge is 0.265 e. The predicted molar refractivity (Wildman–Crippen MR) is 138 cm³/mol. The molecule has 10 heteroatoms. The predicted octanol–water partition coefficient (Wildman–Crippen LogP) is 2.09. The van der Waals surface area contributed by atoms with Crippen molar-refractivity contribution in [2.45, 2.75) is 6.42 Å². The fraction of sp³-hybridized carbons (Fsp3) is 0.346. The van der Waals surface area contributed by atoms with E-state index in [9.17, 15) is 9.59 Å². The molecule has 0 saturated carbocycles. The Morgan fingerprint density at radius 3 is 2.33 bits per heavy atom. The van der Waals surface area contributed by atoms with Crippen LogP contribution in [-0.4, -0.2) is 69.9 Å². The zero-order chi connectivity index (χ0) is 25.5. The number of aromatic nitrogens is 2. The minimum absolute atomic E-state index is 0.0151. The number of amides is 1. The van der Waals surface area contributed by atoms with E-state index in [0.29, 0.717) is 43.5 Å². The van der Waals surface area contributed by atoms with Crippen molar-refractivity contribution in [3.8, 4) is 17.2 Å². The van der Waals surface area contributed by atoms with Crippen LogP contribution in [0.4, 0.5) is 11.6 Å². The number of piperazine rings is 1. The van der Waals surface area contributed by atoms with Gasteiger partial charge in [-0.25, -0.2) is 4.98 Å². The molecule has 0 bridgehead atoms. The Labute approximate surface area is 209 Å². The second-order valence-electron chi connectivity index (χ2n) is 8.29. The second kappa shape index (κ2) is 11.5. The summed E-state index contributed by atoms with van der Waals surface area (Å²) in [4.78, 5) is 36.6. The Morgan fingerprint density at radius 2 is 1.64 bits per heavy atom. The van der Waals surface area contributed by atoms with Crippen molar-refractivity contribution in [3.63, 3.8) is 0 Å². The van der Waals surface area contributed by atoms with Gasteiger partial charge in [-0.3, -0.25) is 14.6 Å². The average molecular weight is 494 g/mol. The molecule has 0 atom stereocenters. The number of rotatable bonds is 9. The number of hydrogen-bond donors (Lipinski definition) is 2. The van der Waals surface area contributed by atoms with Crippen LogP contribution in [0.5, 0.6) is 17.2 Å². The lowest BCUT2D eigenvalue weighted by atomic mass is 10.1. The number of hydrogen-bond acceptors (Lipinski definition) is 8. The lowest BCUT2D eigenvalue weighted by molar-refractivity contribution is 0.0952. The fourth-order valence-corrected chi connectivity index (χ4v) is 4.21. The summed E-state index contributed by atoms with van der Waals surface area (Å²) in [7, 11) is 4.82. The number of para-hydroxylation sites is 2. The molecule has 0 spiro atoms. The highest BCUT2D eigenvalue weighted by molar-refractivity contribution is 5.93. The maximum atomic E-state index is 12.6. The Morgan fingerprint density at radius 1 is 0.944 bits per heavy atom. The Kier molecular flexibility index (Phi) is 7.94. The maximum Gasteiger partial charge on any atom is 0.265 e. The number of ether oxygens (including phenoxy) is 3. The molecule has 0 aliphatic carbocycles. The van der Waals surface area contributed by atoms with Gasteiger partial charge in [-0.15, -0.1) is 0 Å². The molecular weight excluding hydrogens is 462 g/mol. The van der Waals surface area contributed by atoms with E-state index in [0.717, 1.165) is 30.1 Å². The molecular formula is C26H31N5O5. The molecule has 1 aromatic heterocycles. The van der Waals surface area contributed by atoms with Crippen LogP contribution < -0.4 is 34.9 Å². The highest BCUT2D eigenvalue weighted by atomic mass is 16.5. The van der Waals surface area contributed by atoms with Gasteiger partial charge in [0.05, 0.1) is 27.0 Å². The van der Waals surface area contributed by atoms with E-state index >= 15 is 0 Å². The molecule has 2 aromatic carbocycles. The number of methoxy groups -OCH3 is 3. The van der Waals surface area contributed by atoms with Gasteiger partial charge in [0.2, 0.25) is 5.95 Å². The molecule has 0 radical (unpaired) electrons. The summed E-state index contributed by atoms with van der Waals surface area (Å²) in [6.45, 7) is 3.22. The first-order chi connectivity index (χ1) is 17.5. The summed E-state index contributed by atoms with van der Waals surface area (Å²) in [6, 6.07) is 13.5. The van der Waals surface area contributed by atoms with Gasteiger partial charge in [0.15, 0.2) is 11.5 Å². The quantitative estimate of drug-likeness (QED) is 0.467. The molecule has 1 fully saturated rings. The van der Waals surface area contributed by atoms with Crippen LogP contribution in [0.15, 0.2) is 53.5 Å². The number of nitrogens with one attached hydrogen (secondary N) is 2. The van der Waals surface area contributed by atoms with E-state index in [2.05, 4.69) is 20.2 Å². The van der Waals surface area contributed by atoms with Gasteiger partial charge >= 0.3 is 0 Å². The summed E-state index contributed by atoms with van der Waals surface area (Å²) < 4.78 is 16.0. The summed E-state index contributed by atoms with van der Waals surface area (Å²) >= 11 is 0. The van der Waals surface area contributed by atoms with Gasteiger partial charge in [0.1, 0.15) is 11.3 Å². The third-order valence-corrected chi connectivity index (χ3v) is 6.18. The van der Waals surface area contributed by atoms with E-state index in [4.69, 9.17) is 14.2 Å². The highest BCUT2D eigenvalue weighted by Crippen LogP contribution is 2.29. The molecule has 1 saturated heterocycles. The number of H-pyrrole nitrogens is 1. The molecule has 2 heterocycles. The van der Waals surface area contributed by atoms with Crippen LogP contribution >= 0.6 is 0 Å². The zero-order valence-corrected chi connectivity index (χ0v) is 20.7. The van der Waals surface area contributed by atoms with E-state index in [1.54, 1.807) is 21.3 Å². The third kappa shape index (κ3) is 5.54. The monoisotopic (exact) mass is 493 g/mol. The van der Waals surface area contributed by atoms with Crippen LogP contribution in [0.1, 0.15) is 15.9 Å². The molecule has 2 N–H and O–H groups in total. The summed E-state index contributed by atoms with van der Waals surface area (Å²) in [5.74, 6) is 2.10. The van der Waals surface area contributed by atoms with Crippen LogP contribution in [0.2, 0.25) is 0 Å². The van der Waals surface area contributed by atoms with Crippen LogP contribution in [0.3, 0.4) is 0 Å². The van der Waals surface area contributed by atoms with Gasteiger partial charge in [-0.2, -0.15) is 0 Å². The lowest BCUT2D eigenvalue weighted by Gasteiger charge is -2.36. The number of anilines is 2. The maximum absolute atomic E-state index is 12.6. The molecule has 0 unspecified atom stereocenters. The van der Waals surface area contributed by atoms with Gasteiger partial charge < -0.3 is 29.3 Å². The summed E-state index contributed by atoms with van der Waals surface area (Å²) in [5, 5.41) is 2.78. The van der Waals surface area contributed by atoms with Crippen molar-refractivity contribution in [1.82, 2.24) is 15.3 Å². The van der Waals surface area contributed by atoms with E-state index < -0.39 is 11.5 Å². The van der Waals surface area contributed by atoms with E-state index in [1.165, 1.54) is 6.20 Å².